The Balaban J connectivity index is 1.13. The average Bonchev–Trinajstić information content (AvgIpc) is 3.54. The summed E-state index contributed by atoms with van der Waals surface area (Å²) in [5.41, 5.74) is 3.85. The molecule has 0 saturated carbocycles. The molecule has 0 radical (unpaired) electrons. The fourth-order valence-electron chi connectivity index (χ4n) is 5.91. The van der Waals surface area contributed by atoms with Crippen LogP contribution >= 0.6 is 0 Å². The minimum atomic E-state index is -0.653. The Kier molecular flexibility index (Phi) is 6.83. The number of rotatable bonds is 6. The maximum atomic E-state index is 13.6. The van der Waals surface area contributed by atoms with Crippen molar-refractivity contribution in [3.8, 4) is 17.0 Å². The van der Waals surface area contributed by atoms with Crippen LogP contribution in [0.25, 0.3) is 11.3 Å². The monoisotopic (exact) mass is 541 g/mol. The van der Waals surface area contributed by atoms with E-state index in [0.29, 0.717) is 43.0 Å². The van der Waals surface area contributed by atoms with Gasteiger partial charge in [-0.3, -0.25) is 29.2 Å². The molecule has 0 aliphatic carbocycles. The number of carbonyl (C=O) groups is 4. The van der Waals surface area contributed by atoms with Gasteiger partial charge in [0.05, 0.1) is 11.7 Å². The highest BCUT2D eigenvalue weighted by molar-refractivity contribution is 6.05. The zero-order valence-electron chi connectivity index (χ0n) is 22.3. The van der Waals surface area contributed by atoms with E-state index in [2.05, 4.69) is 10.4 Å². The first-order valence-corrected chi connectivity index (χ1v) is 13.7. The van der Waals surface area contributed by atoms with Crippen LogP contribution < -0.4 is 10.1 Å². The first-order valence-electron chi connectivity index (χ1n) is 13.7. The quantitative estimate of drug-likeness (QED) is 0.480. The lowest BCUT2D eigenvalue weighted by Gasteiger charge is -2.35. The number of benzene rings is 2. The third kappa shape index (κ3) is 4.85. The van der Waals surface area contributed by atoms with Crippen LogP contribution in [0.15, 0.2) is 54.7 Å². The Labute approximate surface area is 231 Å². The van der Waals surface area contributed by atoms with E-state index in [9.17, 15) is 19.2 Å². The number of nitrogens with one attached hydrogen (secondary N) is 1. The Bertz CT molecular complexity index is 1500. The van der Waals surface area contributed by atoms with Crippen LogP contribution in [0.3, 0.4) is 0 Å². The van der Waals surface area contributed by atoms with Crippen molar-refractivity contribution in [1.29, 1.82) is 0 Å². The summed E-state index contributed by atoms with van der Waals surface area (Å²) in [5.74, 6) is -0.350. The second-order valence-electron chi connectivity index (χ2n) is 10.6. The number of amides is 4. The second kappa shape index (κ2) is 10.6. The molecule has 206 valence electrons. The molecule has 10 heteroatoms. The molecular formula is C30H31N5O5. The minimum Gasteiger partial charge on any atom is -0.491 e. The van der Waals surface area contributed by atoms with Gasteiger partial charge in [-0.1, -0.05) is 12.1 Å². The van der Waals surface area contributed by atoms with E-state index in [4.69, 9.17) is 4.74 Å². The first kappa shape index (κ1) is 25.8. The van der Waals surface area contributed by atoms with Crippen molar-refractivity contribution >= 4 is 23.6 Å². The molecule has 1 N–H and O–H groups in total. The fraction of sp³-hybridized carbons (Fsp3) is 0.367. The summed E-state index contributed by atoms with van der Waals surface area (Å²) in [6.45, 7) is 1.30. The summed E-state index contributed by atoms with van der Waals surface area (Å²) < 4.78 is 7.96. The van der Waals surface area contributed by atoms with E-state index in [1.807, 2.05) is 48.3 Å². The number of likely N-dealkylation sites (tertiary alicyclic amines) is 1. The van der Waals surface area contributed by atoms with Gasteiger partial charge in [0, 0.05) is 49.4 Å². The fourth-order valence-corrected chi connectivity index (χ4v) is 5.91. The summed E-state index contributed by atoms with van der Waals surface area (Å²) >= 11 is 0. The number of hydrogen-bond donors (Lipinski definition) is 1. The Hall–Kier alpha value is -4.47. The molecule has 2 fully saturated rings. The van der Waals surface area contributed by atoms with Crippen LogP contribution in [0.5, 0.6) is 5.75 Å². The SMILES string of the molecule is Cn1nccc1-c1cccc(C(=O)N2CCCC[C@H]2COc2ccc3c(c2)CN(C2CCC(=O)NC2=O)C3=O)c1. The van der Waals surface area contributed by atoms with Gasteiger partial charge in [0.25, 0.3) is 11.8 Å². The molecule has 0 spiro atoms. The highest BCUT2D eigenvalue weighted by Gasteiger charge is 2.39. The van der Waals surface area contributed by atoms with E-state index in [0.717, 1.165) is 36.1 Å². The van der Waals surface area contributed by atoms with Crippen LogP contribution in [0.4, 0.5) is 0 Å². The number of ether oxygens (including phenoxy) is 1. The van der Waals surface area contributed by atoms with Crippen LogP contribution in [0.1, 0.15) is 58.4 Å². The summed E-state index contributed by atoms with van der Waals surface area (Å²) in [6, 6.07) is 14.2. The zero-order chi connectivity index (χ0) is 27.8. The third-order valence-electron chi connectivity index (χ3n) is 8.05. The van der Waals surface area contributed by atoms with E-state index in [1.54, 1.807) is 23.0 Å². The summed E-state index contributed by atoms with van der Waals surface area (Å²) in [5, 5.41) is 6.56. The lowest BCUT2D eigenvalue weighted by Crippen LogP contribution is -2.52. The summed E-state index contributed by atoms with van der Waals surface area (Å²) in [4.78, 5) is 53.9. The third-order valence-corrected chi connectivity index (χ3v) is 8.05. The van der Waals surface area contributed by atoms with Gasteiger partial charge in [-0.2, -0.15) is 5.10 Å². The highest BCUT2D eigenvalue weighted by Crippen LogP contribution is 2.31. The standard InChI is InChI=1S/C30H31N5O5/c1-33-25(12-13-31-33)19-5-4-6-20(15-19)29(38)34-14-3-2-7-22(34)18-40-23-8-9-24-21(16-23)17-35(30(24)39)26-10-11-27(36)32-28(26)37/h4-6,8-9,12-13,15-16,22,26H,2-3,7,10-11,14,17-18H2,1H3,(H,32,36,37)/t22-,26?/m0/s1. The van der Waals surface area contributed by atoms with Crippen LogP contribution in [-0.2, 0) is 23.2 Å². The van der Waals surface area contributed by atoms with Gasteiger partial charge in [-0.15, -0.1) is 0 Å². The van der Waals surface area contributed by atoms with E-state index in [-0.39, 0.29) is 30.2 Å². The number of carbonyl (C=O) groups excluding carboxylic acids is 4. The Morgan fingerprint density at radius 3 is 2.75 bits per heavy atom. The minimum absolute atomic E-state index is 0.0169. The molecule has 3 aromatic rings. The molecule has 40 heavy (non-hydrogen) atoms. The second-order valence-corrected chi connectivity index (χ2v) is 10.6. The molecule has 6 rings (SSSR count). The average molecular weight is 542 g/mol. The van der Waals surface area contributed by atoms with Gasteiger partial charge in [-0.25, -0.2) is 0 Å². The number of aryl methyl sites for hydroxylation is 1. The van der Waals surface area contributed by atoms with Gasteiger partial charge < -0.3 is 14.5 Å². The van der Waals surface area contributed by atoms with E-state index >= 15 is 0 Å². The van der Waals surface area contributed by atoms with Gasteiger partial charge in [0.15, 0.2) is 0 Å². The maximum Gasteiger partial charge on any atom is 0.255 e. The molecule has 2 atom stereocenters. The van der Waals surface area contributed by atoms with Crippen molar-refractivity contribution in [2.75, 3.05) is 13.2 Å². The number of fused-ring (bicyclic) bond motifs is 1. The first-order chi connectivity index (χ1) is 19.4. The predicted octanol–water partition coefficient (Wildman–Crippen LogP) is 2.92. The Morgan fingerprint density at radius 2 is 1.95 bits per heavy atom. The normalized spacial score (nSPS) is 20.9. The molecule has 2 saturated heterocycles. The molecule has 1 unspecified atom stereocenters. The molecule has 0 bridgehead atoms. The van der Waals surface area contributed by atoms with Gasteiger partial charge in [0.2, 0.25) is 11.8 Å². The maximum absolute atomic E-state index is 13.6. The Morgan fingerprint density at radius 1 is 1.07 bits per heavy atom. The van der Waals surface area contributed by atoms with Crippen LogP contribution in [0, 0.1) is 0 Å². The van der Waals surface area contributed by atoms with Gasteiger partial charge in [0.1, 0.15) is 18.4 Å². The van der Waals surface area contributed by atoms with E-state index in [1.165, 1.54) is 4.90 Å². The zero-order valence-corrected chi connectivity index (χ0v) is 22.3. The number of piperidine rings is 2. The summed E-state index contributed by atoms with van der Waals surface area (Å²) in [6.07, 6.45) is 5.09. The van der Waals surface area contributed by atoms with Crippen molar-refractivity contribution in [1.82, 2.24) is 24.9 Å². The number of aromatic nitrogens is 2. The smallest absolute Gasteiger partial charge is 0.255 e. The number of nitrogens with zero attached hydrogens (tertiary/aromatic N) is 4. The molecule has 4 heterocycles. The largest absolute Gasteiger partial charge is 0.491 e. The molecule has 3 aliphatic rings. The number of hydrogen-bond acceptors (Lipinski definition) is 6. The van der Waals surface area contributed by atoms with Crippen molar-refractivity contribution in [3.63, 3.8) is 0 Å². The lowest BCUT2D eigenvalue weighted by atomic mass is 10.0. The van der Waals surface area contributed by atoms with Gasteiger partial charge in [-0.05, 0) is 67.6 Å². The molecule has 4 amide bonds. The predicted molar refractivity (Wildman–Crippen MR) is 145 cm³/mol. The topological polar surface area (TPSA) is 114 Å². The molecule has 2 aromatic carbocycles. The van der Waals surface area contributed by atoms with Crippen molar-refractivity contribution in [3.05, 3.63) is 71.4 Å². The highest BCUT2D eigenvalue weighted by atomic mass is 16.5. The van der Waals surface area contributed by atoms with Crippen molar-refractivity contribution in [2.24, 2.45) is 7.05 Å². The van der Waals surface area contributed by atoms with E-state index < -0.39 is 11.9 Å². The molecule has 10 nitrogen and oxygen atoms in total. The van der Waals surface area contributed by atoms with Crippen molar-refractivity contribution < 1.29 is 23.9 Å². The lowest BCUT2D eigenvalue weighted by molar-refractivity contribution is -0.136. The summed E-state index contributed by atoms with van der Waals surface area (Å²) in [7, 11) is 1.88. The van der Waals surface area contributed by atoms with Gasteiger partial charge >= 0.3 is 0 Å². The van der Waals surface area contributed by atoms with Crippen LogP contribution in [-0.4, -0.2) is 68.4 Å². The number of imide groups is 1. The molecule has 1 aromatic heterocycles. The van der Waals surface area contributed by atoms with Crippen molar-refractivity contribution in [2.45, 2.75) is 50.7 Å². The molecular weight excluding hydrogens is 510 g/mol. The van der Waals surface area contributed by atoms with Crippen LogP contribution in [0.2, 0.25) is 0 Å². The molecule has 3 aliphatic heterocycles.